The van der Waals surface area contributed by atoms with Crippen LogP contribution in [0.15, 0.2) is 199 Å². The Kier molecular flexibility index (Phi) is 18.1. The van der Waals surface area contributed by atoms with Gasteiger partial charge in [-0.05, 0) is 114 Å². The lowest BCUT2D eigenvalue weighted by molar-refractivity contribution is 0.419. The number of pyridine rings is 4. The molecule has 0 amide bonds. The number of ether oxygens (including phenoxy) is 4. The van der Waals surface area contributed by atoms with E-state index in [4.69, 9.17) is 47.9 Å². The molecule has 0 saturated heterocycles. The largest absolute Gasteiger partial charge is 0.496 e. The van der Waals surface area contributed by atoms with E-state index in [0.717, 1.165) is 48.9 Å². The maximum absolute atomic E-state index is 13.4. The molecule has 4 N–H and O–H groups in total. The monoisotopic (exact) mass is 1190 g/mol. The van der Waals surface area contributed by atoms with E-state index < -0.39 is 20.0 Å². The lowest BCUT2D eigenvalue weighted by Gasteiger charge is -2.11. The van der Waals surface area contributed by atoms with E-state index in [-0.39, 0.29) is 26.7 Å². The van der Waals surface area contributed by atoms with Crippen LogP contribution in [0, 0.1) is 0 Å². The summed E-state index contributed by atoms with van der Waals surface area (Å²) in [7, 11) is -1.26. The first-order valence-electron chi connectivity index (χ1n) is 24.4. The van der Waals surface area contributed by atoms with E-state index >= 15 is 0 Å². The number of hydrogen-bond acceptors (Lipinski definition) is 19. The Hall–Kier alpha value is -10.1. The van der Waals surface area contributed by atoms with Crippen LogP contribution < -0.4 is 24.7 Å². The number of H-pyrrole nitrogens is 2. The van der Waals surface area contributed by atoms with Crippen LogP contribution in [0.3, 0.4) is 0 Å². The Balaban J connectivity index is 0.000000132. The molecule has 0 bridgehead atoms. The van der Waals surface area contributed by atoms with E-state index in [1.54, 1.807) is 136 Å². The molecule has 0 spiro atoms. The van der Waals surface area contributed by atoms with Crippen molar-refractivity contribution in [1.29, 1.82) is 0 Å². The van der Waals surface area contributed by atoms with Gasteiger partial charge in [-0.1, -0.05) is 36.4 Å². The molecule has 0 saturated carbocycles. The smallest absolute Gasteiger partial charge is 0.269 e. The third kappa shape index (κ3) is 12.9. The van der Waals surface area contributed by atoms with Crippen LogP contribution in [-0.2, 0) is 20.0 Å². The fraction of sp³-hybridized carbons (Fsp3) is 0.0714. The Morgan fingerprint density at radius 2 is 1.00 bits per heavy atom. The molecule has 0 aliphatic rings. The quantitative estimate of drug-likeness (QED) is 0.107. The summed E-state index contributed by atoms with van der Waals surface area (Å²) in [4.78, 5) is 46.6. The Morgan fingerprint density at radius 3 is 1.60 bits per heavy atom. The van der Waals surface area contributed by atoms with Crippen molar-refractivity contribution in [2.24, 2.45) is 0 Å². The van der Waals surface area contributed by atoms with Gasteiger partial charge in [-0.3, -0.25) is 0 Å². The minimum absolute atomic E-state index is 0.0151. The zero-order valence-electron chi connectivity index (χ0n) is 44.2. The molecular weight excluding hydrogens is 1150 g/mol. The van der Waals surface area contributed by atoms with E-state index in [9.17, 15) is 16.8 Å². The van der Waals surface area contributed by atoms with Crippen LogP contribution in [-0.4, -0.2) is 113 Å². The first-order valence-corrected chi connectivity index (χ1v) is 28.0. The summed E-state index contributed by atoms with van der Waals surface area (Å²) < 4.78 is 75.3. The predicted molar refractivity (Wildman–Crippen MR) is 314 cm³/mol. The molecule has 0 unspecified atom stereocenters. The molecule has 11 heterocycles. The topological polar surface area (TPSA) is 302 Å². The van der Waals surface area contributed by atoms with E-state index in [1.165, 1.54) is 55.1 Å². The first kappa shape index (κ1) is 57.6. The van der Waals surface area contributed by atoms with Gasteiger partial charge in [0, 0.05) is 62.0 Å². The number of nitrogen functional groups attached to an aromatic ring is 1. The Labute approximate surface area is 483 Å². The zero-order valence-corrected chi connectivity index (χ0v) is 47.3. The average Bonchev–Trinajstić information content (AvgIpc) is 4.15. The number of nitrogens with two attached hydrogens (primary N) is 1. The molecule has 11 aromatic heterocycles. The van der Waals surface area contributed by atoms with Gasteiger partial charge in [0.25, 0.3) is 20.0 Å². The van der Waals surface area contributed by atoms with Gasteiger partial charge in [0.05, 0.1) is 82.6 Å². The summed E-state index contributed by atoms with van der Waals surface area (Å²) in [6.07, 6.45) is 16.0. The van der Waals surface area contributed by atoms with Crippen molar-refractivity contribution in [2.45, 2.75) is 9.79 Å². The van der Waals surface area contributed by atoms with Gasteiger partial charge in [0.1, 0.15) is 34.3 Å². The Morgan fingerprint density at radius 1 is 0.470 bits per heavy atom. The fourth-order valence-corrected chi connectivity index (χ4v) is 11.2. The van der Waals surface area contributed by atoms with E-state index in [0.29, 0.717) is 44.6 Å². The fourth-order valence-electron chi connectivity index (χ4n) is 8.13. The highest BCUT2D eigenvalue weighted by Crippen LogP contribution is 2.35. The number of benzene rings is 2. The van der Waals surface area contributed by atoms with E-state index in [1.807, 2.05) is 30.5 Å². The molecule has 2 aromatic carbocycles. The summed E-state index contributed by atoms with van der Waals surface area (Å²) in [6, 6.07) is 35.7. The lowest BCUT2D eigenvalue weighted by atomic mass is 10.2. The molecular formula is C56H47Cl2N15O8S2. The Bertz CT molecular complexity index is 4560. The molecule has 27 heteroatoms. The lowest BCUT2D eigenvalue weighted by Crippen LogP contribution is -2.15. The standard InChI is InChI=1S/C18H13ClN4O3S.C14H12N2O3S.C12H11N5O.C8H8N2O.C4H3ClN2/c1-26-16-8-10-20-17-13(16)11-15(14-7-9-21-18(19)22-14)23(17)27(24,25)12-5-3-2-4-6-12;1-19-13-7-9-15-14-12(13)8-10-16(14)20(17,18)11-5-3-2-4-6-11;1-18-10-3-5-14-11-7(10)6-9(16-11)8-2-4-15-12(13)17-8;1-11-7-3-5-10-8-6(7)2-4-9-8;5-4-6-2-1-3-7-4/h2-11H,1H3;2-10H,1H3;2-6H,1H3,(H,14,16)(H2,13,15,17);2-5H,1H3,(H,9,10);1-3H. The van der Waals surface area contributed by atoms with Crippen molar-refractivity contribution in [3.63, 3.8) is 0 Å². The SMILES string of the molecule is COc1ccnc2[nH]c(-c3ccnc(N)n3)cc12.COc1ccnc2[nH]ccc12.COc1ccnc2c1cc(-c1ccnc(Cl)n1)n2S(=O)(=O)c1ccccc1.COc1ccnc2c1ccn2S(=O)(=O)c1ccccc1.Clc1ncccn1. The highest BCUT2D eigenvalue weighted by Gasteiger charge is 2.27. The normalized spacial score (nSPS) is 11.0. The molecule has 420 valence electrons. The number of methoxy groups -OCH3 is 4. The molecule has 0 atom stereocenters. The number of rotatable bonds is 10. The predicted octanol–water partition coefficient (Wildman–Crippen LogP) is 9.99. The average molecular weight is 1190 g/mol. The van der Waals surface area contributed by atoms with Crippen LogP contribution in [0.2, 0.25) is 10.6 Å². The van der Waals surface area contributed by atoms with Crippen molar-refractivity contribution in [1.82, 2.24) is 67.8 Å². The molecule has 0 aliphatic heterocycles. The van der Waals surface area contributed by atoms with Gasteiger partial charge in [-0.15, -0.1) is 0 Å². The van der Waals surface area contributed by atoms with Crippen LogP contribution in [0.1, 0.15) is 0 Å². The van der Waals surface area contributed by atoms with Crippen LogP contribution >= 0.6 is 23.2 Å². The van der Waals surface area contributed by atoms with Gasteiger partial charge < -0.3 is 34.6 Å². The molecule has 0 aliphatic carbocycles. The molecule has 0 fully saturated rings. The maximum Gasteiger partial charge on any atom is 0.269 e. The van der Waals surface area contributed by atoms with Gasteiger partial charge in [-0.25, -0.2) is 74.6 Å². The molecule has 13 rings (SSSR count). The summed E-state index contributed by atoms with van der Waals surface area (Å²) in [5.74, 6) is 2.97. The van der Waals surface area contributed by atoms with Crippen LogP contribution in [0.25, 0.3) is 66.9 Å². The minimum atomic E-state index is -3.94. The van der Waals surface area contributed by atoms with Crippen LogP contribution in [0.4, 0.5) is 5.95 Å². The number of fused-ring (bicyclic) bond motifs is 4. The zero-order chi connectivity index (χ0) is 58.5. The van der Waals surface area contributed by atoms with Gasteiger partial charge in [-0.2, -0.15) is 0 Å². The first-order chi connectivity index (χ1) is 40.2. The highest BCUT2D eigenvalue weighted by atomic mass is 35.5. The number of aromatic nitrogens is 14. The van der Waals surface area contributed by atoms with Crippen molar-refractivity contribution >= 4 is 93.3 Å². The van der Waals surface area contributed by atoms with Crippen molar-refractivity contribution < 1.29 is 35.8 Å². The number of nitrogens with zero attached hydrogens (tertiary/aromatic N) is 12. The third-order valence-electron chi connectivity index (χ3n) is 11.9. The van der Waals surface area contributed by atoms with Crippen LogP contribution in [0.5, 0.6) is 23.0 Å². The molecule has 23 nitrogen and oxygen atoms in total. The second-order valence-electron chi connectivity index (χ2n) is 16.8. The van der Waals surface area contributed by atoms with Crippen molar-refractivity contribution in [3.8, 4) is 45.8 Å². The second kappa shape index (κ2) is 26.0. The highest BCUT2D eigenvalue weighted by molar-refractivity contribution is 7.90. The number of halogens is 2. The summed E-state index contributed by atoms with van der Waals surface area (Å²) >= 11 is 11.2. The second-order valence-corrected chi connectivity index (χ2v) is 21.1. The summed E-state index contributed by atoms with van der Waals surface area (Å²) in [6.45, 7) is 0. The number of hydrogen-bond donors (Lipinski definition) is 3. The van der Waals surface area contributed by atoms with Gasteiger partial charge in [0.15, 0.2) is 11.3 Å². The molecule has 13 aromatic rings. The summed E-state index contributed by atoms with van der Waals surface area (Å²) in [5, 5.41) is 3.45. The van der Waals surface area contributed by atoms with Gasteiger partial charge in [0.2, 0.25) is 16.5 Å². The minimum Gasteiger partial charge on any atom is -0.496 e. The van der Waals surface area contributed by atoms with Gasteiger partial charge >= 0.3 is 0 Å². The number of aromatic amines is 2. The van der Waals surface area contributed by atoms with Crippen molar-refractivity contribution in [3.05, 3.63) is 200 Å². The third-order valence-corrected chi connectivity index (χ3v) is 15.7. The molecule has 83 heavy (non-hydrogen) atoms. The maximum atomic E-state index is 13.4. The number of anilines is 1. The number of nitrogens with one attached hydrogen (secondary N) is 2. The molecule has 0 radical (unpaired) electrons. The van der Waals surface area contributed by atoms with Crippen molar-refractivity contribution in [2.75, 3.05) is 34.2 Å². The summed E-state index contributed by atoms with van der Waals surface area (Å²) in [5.41, 5.74) is 10.0. The van der Waals surface area contributed by atoms with E-state index in [2.05, 4.69) is 59.8 Å².